The van der Waals surface area contributed by atoms with Crippen LogP contribution >= 0.6 is 11.6 Å². The quantitative estimate of drug-likeness (QED) is 0.908. The van der Waals surface area contributed by atoms with Crippen LogP contribution in [-0.4, -0.2) is 29.0 Å². The van der Waals surface area contributed by atoms with E-state index in [1.807, 2.05) is 19.2 Å². The molecule has 3 nitrogen and oxygen atoms in total. The Balaban J connectivity index is 2.16. The van der Waals surface area contributed by atoms with Gasteiger partial charge in [-0.05, 0) is 38.8 Å². The predicted octanol–water partition coefficient (Wildman–Crippen LogP) is 3.54. The maximum Gasteiger partial charge on any atom is 0.126 e. The van der Waals surface area contributed by atoms with Gasteiger partial charge in [-0.1, -0.05) is 18.0 Å². The second-order valence-corrected chi connectivity index (χ2v) is 5.58. The van der Waals surface area contributed by atoms with Crippen molar-refractivity contribution in [2.24, 2.45) is 0 Å². The third kappa shape index (κ3) is 2.96. The van der Waals surface area contributed by atoms with Gasteiger partial charge in [0.05, 0.1) is 10.7 Å². The summed E-state index contributed by atoms with van der Waals surface area (Å²) in [5.41, 5.74) is 0.976. The van der Waals surface area contributed by atoms with Crippen molar-refractivity contribution in [3.63, 3.8) is 0 Å². The topological polar surface area (TPSA) is 28.2 Å². The first-order valence-electron chi connectivity index (χ1n) is 6.70. The van der Waals surface area contributed by atoms with Crippen molar-refractivity contribution in [2.45, 2.75) is 51.7 Å². The van der Waals surface area contributed by atoms with Gasteiger partial charge in [-0.3, -0.25) is 4.90 Å². The van der Waals surface area contributed by atoms with Crippen molar-refractivity contribution < 1.29 is 0 Å². The molecule has 0 radical (unpaired) electrons. The van der Waals surface area contributed by atoms with Gasteiger partial charge in [-0.2, -0.15) is 0 Å². The molecule has 100 valence electrons. The minimum absolute atomic E-state index is 0.616. The van der Waals surface area contributed by atoms with Crippen LogP contribution < -0.4 is 5.32 Å². The van der Waals surface area contributed by atoms with Gasteiger partial charge < -0.3 is 5.32 Å². The summed E-state index contributed by atoms with van der Waals surface area (Å²) in [6, 6.07) is 5.07. The summed E-state index contributed by atoms with van der Waals surface area (Å²) in [7, 11) is 1.88. The number of piperidine rings is 1. The summed E-state index contributed by atoms with van der Waals surface area (Å²) in [6.45, 7) is 5.44. The van der Waals surface area contributed by atoms with Crippen LogP contribution in [0.3, 0.4) is 0 Å². The lowest BCUT2D eigenvalue weighted by atomic mass is 9.97. The maximum atomic E-state index is 6.25. The number of rotatable bonds is 3. The third-order valence-electron chi connectivity index (χ3n) is 3.88. The first-order chi connectivity index (χ1) is 8.61. The summed E-state index contributed by atoms with van der Waals surface area (Å²) in [4.78, 5) is 7.08. The van der Waals surface area contributed by atoms with Crippen molar-refractivity contribution in [1.29, 1.82) is 0 Å². The van der Waals surface area contributed by atoms with Gasteiger partial charge in [-0.15, -0.1) is 0 Å². The van der Waals surface area contributed by atoms with Crippen LogP contribution in [-0.2, 0) is 6.54 Å². The van der Waals surface area contributed by atoms with Crippen LogP contribution in [0.4, 0.5) is 5.82 Å². The molecule has 1 aliphatic rings. The van der Waals surface area contributed by atoms with Gasteiger partial charge >= 0.3 is 0 Å². The first-order valence-corrected chi connectivity index (χ1v) is 7.08. The standard InChI is InChI=1S/C14H22ClN3/c1-10-5-4-6-11(2)18(10)9-13-12(15)7-8-14(16-3)17-13/h7-8,10-11H,4-6,9H2,1-3H3,(H,16,17). The molecule has 1 N–H and O–H groups in total. The van der Waals surface area contributed by atoms with Gasteiger partial charge in [0, 0.05) is 25.7 Å². The van der Waals surface area contributed by atoms with Crippen LogP contribution in [0, 0.1) is 0 Å². The molecule has 1 saturated heterocycles. The number of likely N-dealkylation sites (tertiary alicyclic amines) is 1. The molecular formula is C14H22ClN3. The minimum atomic E-state index is 0.616. The smallest absolute Gasteiger partial charge is 0.126 e. The van der Waals surface area contributed by atoms with Crippen molar-refractivity contribution in [2.75, 3.05) is 12.4 Å². The fraction of sp³-hybridized carbons (Fsp3) is 0.643. The summed E-state index contributed by atoms with van der Waals surface area (Å²) in [5, 5.41) is 3.83. The zero-order valence-electron chi connectivity index (χ0n) is 11.4. The van der Waals surface area contributed by atoms with Crippen molar-refractivity contribution in [3.05, 3.63) is 22.8 Å². The molecule has 0 bridgehead atoms. The summed E-state index contributed by atoms with van der Waals surface area (Å²) in [5.74, 6) is 0.881. The van der Waals surface area contributed by atoms with Crippen molar-refractivity contribution in [3.8, 4) is 0 Å². The monoisotopic (exact) mass is 267 g/mol. The van der Waals surface area contributed by atoms with E-state index < -0.39 is 0 Å². The molecule has 1 aliphatic heterocycles. The van der Waals surface area contributed by atoms with Crippen molar-refractivity contribution in [1.82, 2.24) is 9.88 Å². The number of hydrogen-bond donors (Lipinski definition) is 1. The lowest BCUT2D eigenvalue weighted by molar-refractivity contribution is 0.0939. The molecule has 2 rings (SSSR count). The van der Waals surface area contributed by atoms with Gasteiger partial charge in [-0.25, -0.2) is 4.98 Å². The van der Waals surface area contributed by atoms with E-state index in [4.69, 9.17) is 11.6 Å². The normalized spacial score (nSPS) is 25.1. The van der Waals surface area contributed by atoms with E-state index in [9.17, 15) is 0 Å². The fourth-order valence-electron chi connectivity index (χ4n) is 2.69. The average Bonchev–Trinajstić information content (AvgIpc) is 2.36. The lowest BCUT2D eigenvalue weighted by Gasteiger charge is -2.38. The van der Waals surface area contributed by atoms with Crippen LogP contribution in [0.25, 0.3) is 0 Å². The Labute approximate surface area is 115 Å². The number of anilines is 1. The number of halogens is 1. The Morgan fingerprint density at radius 3 is 2.61 bits per heavy atom. The third-order valence-corrected chi connectivity index (χ3v) is 4.23. The van der Waals surface area contributed by atoms with Gasteiger partial charge in [0.2, 0.25) is 0 Å². The van der Waals surface area contributed by atoms with E-state index in [1.165, 1.54) is 19.3 Å². The van der Waals surface area contributed by atoms with Crippen LogP contribution in [0.5, 0.6) is 0 Å². The molecule has 2 unspecified atom stereocenters. The van der Waals surface area contributed by atoms with Crippen LogP contribution in [0.2, 0.25) is 5.02 Å². The van der Waals surface area contributed by atoms with Gasteiger partial charge in [0.25, 0.3) is 0 Å². The molecule has 0 amide bonds. The predicted molar refractivity (Wildman–Crippen MR) is 77.1 cm³/mol. The number of aromatic nitrogens is 1. The van der Waals surface area contributed by atoms with Gasteiger partial charge in [0.1, 0.15) is 5.82 Å². The maximum absolute atomic E-state index is 6.25. The molecule has 0 aliphatic carbocycles. The molecule has 0 spiro atoms. The van der Waals surface area contributed by atoms with Gasteiger partial charge in [0.15, 0.2) is 0 Å². The highest BCUT2D eigenvalue weighted by Crippen LogP contribution is 2.26. The molecule has 2 atom stereocenters. The molecule has 0 aromatic carbocycles. The highest BCUT2D eigenvalue weighted by Gasteiger charge is 2.25. The molecule has 1 aromatic rings. The zero-order chi connectivity index (χ0) is 13.1. The number of nitrogens with zero attached hydrogens (tertiary/aromatic N) is 2. The Kier molecular flexibility index (Phi) is 4.46. The SMILES string of the molecule is CNc1ccc(Cl)c(CN2C(C)CCCC2C)n1. The second-order valence-electron chi connectivity index (χ2n) is 5.18. The number of pyridine rings is 1. The Morgan fingerprint density at radius 2 is 2.00 bits per heavy atom. The Bertz CT molecular complexity index is 398. The minimum Gasteiger partial charge on any atom is -0.373 e. The molecule has 2 heterocycles. The lowest BCUT2D eigenvalue weighted by Crippen LogP contribution is -2.43. The van der Waals surface area contributed by atoms with Crippen LogP contribution in [0.15, 0.2) is 12.1 Å². The summed E-state index contributed by atoms with van der Waals surface area (Å²) in [6.07, 6.45) is 3.87. The van der Waals surface area contributed by atoms with E-state index in [2.05, 4.69) is 29.0 Å². The second kappa shape index (κ2) is 5.89. The molecule has 4 heteroatoms. The summed E-state index contributed by atoms with van der Waals surface area (Å²) < 4.78 is 0. The zero-order valence-corrected chi connectivity index (χ0v) is 12.2. The molecular weight excluding hydrogens is 246 g/mol. The highest BCUT2D eigenvalue weighted by molar-refractivity contribution is 6.31. The molecule has 1 fully saturated rings. The number of nitrogens with one attached hydrogen (secondary N) is 1. The fourth-order valence-corrected chi connectivity index (χ4v) is 2.86. The molecule has 1 aromatic heterocycles. The van der Waals surface area contributed by atoms with E-state index in [1.54, 1.807) is 0 Å². The largest absolute Gasteiger partial charge is 0.373 e. The average molecular weight is 268 g/mol. The summed E-state index contributed by atoms with van der Waals surface area (Å²) >= 11 is 6.25. The highest BCUT2D eigenvalue weighted by atomic mass is 35.5. The first kappa shape index (κ1) is 13.6. The van der Waals surface area contributed by atoms with E-state index in [0.717, 1.165) is 23.1 Å². The van der Waals surface area contributed by atoms with E-state index >= 15 is 0 Å². The van der Waals surface area contributed by atoms with Crippen LogP contribution in [0.1, 0.15) is 38.8 Å². The van der Waals surface area contributed by atoms with E-state index in [0.29, 0.717) is 12.1 Å². The Morgan fingerprint density at radius 1 is 1.33 bits per heavy atom. The molecule has 18 heavy (non-hydrogen) atoms. The molecule has 0 saturated carbocycles. The Hall–Kier alpha value is -0.800. The van der Waals surface area contributed by atoms with E-state index in [-0.39, 0.29) is 0 Å². The number of hydrogen-bond acceptors (Lipinski definition) is 3. The van der Waals surface area contributed by atoms with Crippen molar-refractivity contribution >= 4 is 17.4 Å².